The second-order valence-electron chi connectivity index (χ2n) is 6.54. The zero-order chi connectivity index (χ0) is 14.8. The van der Waals surface area contributed by atoms with E-state index in [4.69, 9.17) is 11.6 Å². The van der Waals surface area contributed by atoms with Crippen molar-refractivity contribution < 1.29 is 0 Å². The van der Waals surface area contributed by atoms with Gasteiger partial charge in [-0.3, -0.25) is 4.68 Å². The molecule has 0 aliphatic heterocycles. The Kier molecular flexibility index (Phi) is 5.14. The van der Waals surface area contributed by atoms with Crippen molar-refractivity contribution in [2.75, 3.05) is 0 Å². The molecule has 0 bridgehead atoms. The highest BCUT2D eigenvalue weighted by atomic mass is 35.5. The van der Waals surface area contributed by atoms with Crippen LogP contribution in [0.25, 0.3) is 0 Å². The van der Waals surface area contributed by atoms with Crippen LogP contribution in [0.5, 0.6) is 0 Å². The Bertz CT molecular complexity index is 451. The van der Waals surface area contributed by atoms with Crippen molar-refractivity contribution in [1.82, 2.24) is 15.1 Å². The molecule has 2 rings (SSSR count). The number of nitrogens with zero attached hydrogens (tertiary/aromatic N) is 2. The molecule has 1 saturated carbocycles. The monoisotopic (exact) mass is 297 g/mol. The average Bonchev–Trinajstić information content (AvgIpc) is 2.73. The predicted molar refractivity (Wildman–Crippen MR) is 85.2 cm³/mol. The van der Waals surface area contributed by atoms with E-state index in [9.17, 15) is 0 Å². The Hall–Kier alpha value is -0.540. The summed E-state index contributed by atoms with van der Waals surface area (Å²) in [6.07, 6.45) is 6.17. The summed E-state index contributed by atoms with van der Waals surface area (Å²) in [5.74, 6) is 0. The van der Waals surface area contributed by atoms with Gasteiger partial charge in [0.25, 0.3) is 0 Å². The first kappa shape index (κ1) is 15.8. The number of rotatable bonds is 5. The lowest BCUT2D eigenvalue weighted by Crippen LogP contribution is -2.44. The highest BCUT2D eigenvalue weighted by Crippen LogP contribution is 2.35. The topological polar surface area (TPSA) is 29.9 Å². The zero-order valence-electron chi connectivity index (χ0n) is 13.3. The van der Waals surface area contributed by atoms with Gasteiger partial charge in [-0.1, -0.05) is 45.2 Å². The van der Waals surface area contributed by atoms with Gasteiger partial charge >= 0.3 is 0 Å². The van der Waals surface area contributed by atoms with Gasteiger partial charge in [-0.2, -0.15) is 5.10 Å². The van der Waals surface area contributed by atoms with E-state index in [1.807, 2.05) is 4.68 Å². The van der Waals surface area contributed by atoms with Gasteiger partial charge in [0.2, 0.25) is 0 Å². The van der Waals surface area contributed by atoms with Crippen LogP contribution >= 0.6 is 11.6 Å². The van der Waals surface area contributed by atoms with Crippen LogP contribution in [-0.2, 0) is 19.5 Å². The molecular formula is C16H28ClN3. The van der Waals surface area contributed by atoms with Gasteiger partial charge in [0, 0.05) is 19.1 Å². The lowest BCUT2D eigenvalue weighted by atomic mass is 9.73. The maximum Gasteiger partial charge on any atom is 0.0863 e. The Balaban J connectivity index is 2.08. The smallest absolute Gasteiger partial charge is 0.0863 e. The quantitative estimate of drug-likeness (QED) is 0.883. The molecule has 1 unspecified atom stereocenters. The number of aryl methyl sites for hydroxylation is 2. The molecule has 1 aromatic rings. The number of halogens is 1. The van der Waals surface area contributed by atoms with Crippen molar-refractivity contribution in [3.8, 4) is 0 Å². The number of nitrogens with one attached hydrogen (secondary N) is 1. The number of aromatic nitrogens is 2. The van der Waals surface area contributed by atoms with E-state index >= 15 is 0 Å². The first-order valence-corrected chi connectivity index (χ1v) is 8.34. The third kappa shape index (κ3) is 3.20. The third-order valence-electron chi connectivity index (χ3n) is 4.72. The van der Waals surface area contributed by atoms with Crippen LogP contribution in [0.2, 0.25) is 5.02 Å². The van der Waals surface area contributed by atoms with Gasteiger partial charge in [-0.15, -0.1) is 0 Å². The van der Waals surface area contributed by atoms with Crippen molar-refractivity contribution >= 4 is 11.6 Å². The van der Waals surface area contributed by atoms with Crippen LogP contribution in [0.3, 0.4) is 0 Å². The molecule has 0 radical (unpaired) electrons. The van der Waals surface area contributed by atoms with E-state index in [-0.39, 0.29) is 0 Å². The molecule has 0 aromatic carbocycles. The van der Waals surface area contributed by atoms with E-state index in [2.05, 4.69) is 38.1 Å². The first-order chi connectivity index (χ1) is 9.49. The maximum atomic E-state index is 6.47. The van der Waals surface area contributed by atoms with Crippen molar-refractivity contribution in [1.29, 1.82) is 0 Å². The fourth-order valence-electron chi connectivity index (χ4n) is 3.28. The fourth-order valence-corrected chi connectivity index (χ4v) is 3.61. The molecule has 0 saturated heterocycles. The van der Waals surface area contributed by atoms with E-state index in [0.717, 1.165) is 35.9 Å². The van der Waals surface area contributed by atoms with Crippen molar-refractivity contribution in [2.45, 2.75) is 78.9 Å². The summed E-state index contributed by atoms with van der Waals surface area (Å²) >= 11 is 6.47. The van der Waals surface area contributed by atoms with E-state index in [0.29, 0.717) is 11.5 Å². The molecule has 20 heavy (non-hydrogen) atoms. The fraction of sp³-hybridized carbons (Fsp3) is 0.812. The SMILES string of the molecule is CCc1nn(CC)c(CNC2CCCCC2(C)C)c1Cl. The van der Waals surface area contributed by atoms with E-state index in [1.54, 1.807) is 0 Å². The molecule has 1 aliphatic carbocycles. The molecule has 0 amide bonds. The van der Waals surface area contributed by atoms with Gasteiger partial charge in [-0.25, -0.2) is 0 Å². The Morgan fingerprint density at radius 1 is 1.35 bits per heavy atom. The minimum atomic E-state index is 0.384. The standard InChI is InChI=1S/C16H28ClN3/c1-5-12-15(17)13(20(6-2)19-12)11-18-14-9-7-8-10-16(14,3)4/h14,18H,5-11H2,1-4H3. The Morgan fingerprint density at radius 3 is 2.70 bits per heavy atom. The van der Waals surface area contributed by atoms with Crippen LogP contribution in [0, 0.1) is 5.41 Å². The summed E-state index contributed by atoms with van der Waals surface area (Å²) in [5, 5.41) is 9.18. The molecule has 1 N–H and O–H groups in total. The number of hydrogen-bond acceptors (Lipinski definition) is 2. The molecule has 1 heterocycles. The van der Waals surface area contributed by atoms with Crippen molar-refractivity contribution in [3.05, 3.63) is 16.4 Å². The van der Waals surface area contributed by atoms with Crippen LogP contribution in [-0.4, -0.2) is 15.8 Å². The highest BCUT2D eigenvalue weighted by molar-refractivity contribution is 6.31. The van der Waals surface area contributed by atoms with Crippen LogP contribution < -0.4 is 5.32 Å². The van der Waals surface area contributed by atoms with Gasteiger partial charge in [0.1, 0.15) is 0 Å². The Morgan fingerprint density at radius 2 is 2.10 bits per heavy atom. The van der Waals surface area contributed by atoms with Gasteiger partial charge in [0.15, 0.2) is 0 Å². The van der Waals surface area contributed by atoms with Crippen LogP contribution in [0.4, 0.5) is 0 Å². The summed E-state index contributed by atoms with van der Waals surface area (Å²) in [6.45, 7) is 10.7. The third-order valence-corrected chi connectivity index (χ3v) is 5.15. The average molecular weight is 298 g/mol. The molecule has 1 aromatic heterocycles. The summed E-state index contributed by atoms with van der Waals surface area (Å²) in [6, 6.07) is 0.581. The van der Waals surface area contributed by atoms with Crippen LogP contribution in [0.1, 0.15) is 64.8 Å². The zero-order valence-corrected chi connectivity index (χ0v) is 14.1. The van der Waals surface area contributed by atoms with Gasteiger partial charge in [0.05, 0.1) is 16.4 Å². The normalized spacial score (nSPS) is 22.1. The molecule has 4 heteroatoms. The molecule has 1 atom stereocenters. The summed E-state index contributed by atoms with van der Waals surface area (Å²) in [5.41, 5.74) is 2.55. The van der Waals surface area contributed by atoms with Crippen molar-refractivity contribution in [2.24, 2.45) is 5.41 Å². The highest BCUT2D eigenvalue weighted by Gasteiger charge is 2.32. The molecular weight excluding hydrogens is 270 g/mol. The molecule has 1 aliphatic rings. The molecule has 0 spiro atoms. The van der Waals surface area contributed by atoms with Crippen LogP contribution in [0.15, 0.2) is 0 Å². The second kappa shape index (κ2) is 6.48. The van der Waals surface area contributed by atoms with E-state index in [1.165, 1.54) is 25.7 Å². The maximum absolute atomic E-state index is 6.47. The largest absolute Gasteiger partial charge is 0.308 e. The molecule has 3 nitrogen and oxygen atoms in total. The molecule has 114 valence electrons. The van der Waals surface area contributed by atoms with Gasteiger partial charge < -0.3 is 5.32 Å². The number of hydrogen-bond donors (Lipinski definition) is 1. The van der Waals surface area contributed by atoms with E-state index < -0.39 is 0 Å². The van der Waals surface area contributed by atoms with Crippen molar-refractivity contribution in [3.63, 3.8) is 0 Å². The summed E-state index contributed by atoms with van der Waals surface area (Å²) < 4.78 is 2.05. The second-order valence-corrected chi connectivity index (χ2v) is 6.92. The summed E-state index contributed by atoms with van der Waals surface area (Å²) in [7, 11) is 0. The molecule has 1 fully saturated rings. The first-order valence-electron chi connectivity index (χ1n) is 7.97. The minimum Gasteiger partial charge on any atom is -0.308 e. The minimum absolute atomic E-state index is 0.384. The predicted octanol–water partition coefficient (Wildman–Crippen LogP) is 4.18. The Labute approximate surface area is 128 Å². The lowest BCUT2D eigenvalue weighted by Gasteiger charge is -2.39. The van der Waals surface area contributed by atoms with Gasteiger partial charge in [-0.05, 0) is 31.6 Å². The lowest BCUT2D eigenvalue weighted by molar-refractivity contribution is 0.166. The summed E-state index contributed by atoms with van der Waals surface area (Å²) in [4.78, 5) is 0.